The van der Waals surface area contributed by atoms with E-state index < -0.39 is 23.1 Å². The summed E-state index contributed by atoms with van der Waals surface area (Å²) < 4.78 is 46.6. The Morgan fingerprint density at radius 1 is 1.18 bits per heavy atom. The third-order valence-corrected chi connectivity index (χ3v) is 5.06. The van der Waals surface area contributed by atoms with Crippen LogP contribution in [0.5, 0.6) is 0 Å². The summed E-state index contributed by atoms with van der Waals surface area (Å²) in [5, 5.41) is 14.5. The van der Waals surface area contributed by atoms with Crippen LogP contribution in [0.3, 0.4) is 0 Å². The number of alkyl halides is 3. The Balaban J connectivity index is 2.25. The maximum Gasteiger partial charge on any atom is 0.433 e. The van der Waals surface area contributed by atoms with Gasteiger partial charge in [0.05, 0.1) is 17.2 Å². The molecule has 1 N–H and O–H groups in total. The number of pyridine rings is 1. The van der Waals surface area contributed by atoms with Crippen LogP contribution in [0.15, 0.2) is 30.7 Å². The molecule has 2 heterocycles. The fraction of sp³-hybridized carbons (Fsp3) is 0.579. The van der Waals surface area contributed by atoms with Crippen LogP contribution < -0.4 is 5.46 Å². The molecule has 0 amide bonds. The highest BCUT2D eigenvalue weighted by Crippen LogP contribution is 2.32. The fourth-order valence-electron chi connectivity index (χ4n) is 2.67. The van der Waals surface area contributed by atoms with Crippen molar-refractivity contribution < 1.29 is 22.9 Å². The van der Waals surface area contributed by atoms with Crippen molar-refractivity contribution >= 4 is 12.9 Å². The van der Waals surface area contributed by atoms with E-state index in [1.807, 2.05) is 13.8 Å². The minimum absolute atomic E-state index is 0.00460. The lowest BCUT2D eigenvalue weighted by Crippen LogP contribution is -2.49. The van der Waals surface area contributed by atoms with Crippen molar-refractivity contribution in [2.45, 2.75) is 65.0 Å². The lowest BCUT2D eigenvalue weighted by Gasteiger charge is -2.37. The third-order valence-electron chi connectivity index (χ3n) is 5.06. The van der Waals surface area contributed by atoms with Gasteiger partial charge in [0.15, 0.2) is 0 Å². The zero-order valence-electron chi connectivity index (χ0n) is 17.1. The van der Waals surface area contributed by atoms with E-state index in [0.29, 0.717) is 5.56 Å². The minimum atomic E-state index is -4.50. The summed E-state index contributed by atoms with van der Waals surface area (Å²) in [4.78, 5) is 3.43. The maximum atomic E-state index is 13.0. The topological polar surface area (TPSA) is 60.2 Å². The molecule has 0 saturated carbocycles. The minimum Gasteiger partial charge on any atom is -0.427 e. The first-order valence-corrected chi connectivity index (χ1v) is 9.15. The summed E-state index contributed by atoms with van der Waals surface area (Å²) in [7, 11) is 0.228. The van der Waals surface area contributed by atoms with Crippen LogP contribution in [-0.4, -0.2) is 38.6 Å². The van der Waals surface area contributed by atoms with Crippen molar-refractivity contribution in [3.63, 3.8) is 0 Å². The fourth-order valence-corrected chi connectivity index (χ4v) is 2.67. The molecule has 0 aliphatic rings. The number of aromatic nitrogens is 3. The molecule has 9 heteroatoms. The molecule has 5 nitrogen and oxygen atoms in total. The van der Waals surface area contributed by atoms with Crippen LogP contribution in [0, 0.1) is 5.92 Å². The number of hydrogen-bond acceptors (Lipinski definition) is 4. The standard InChI is InChI=1S/C19H27BF3N3O2/c1-12(2)16(13-7-8-24-15(9-13)19(21,22)23)26-11-14(10-25-26)20-28-18(5,6)17(3,4)27/h7-12,16,20,27H,1-6H3. The molecule has 0 spiro atoms. The number of aliphatic hydroxyl groups is 1. The molecule has 154 valence electrons. The lowest BCUT2D eigenvalue weighted by atomic mass is 9.84. The second-order valence-electron chi connectivity index (χ2n) is 8.35. The summed E-state index contributed by atoms with van der Waals surface area (Å²) in [5.74, 6) is 0.00460. The van der Waals surface area contributed by atoms with Gasteiger partial charge >= 0.3 is 13.7 Å². The highest BCUT2D eigenvalue weighted by atomic mass is 19.4. The van der Waals surface area contributed by atoms with Gasteiger partial charge in [0.2, 0.25) is 0 Å². The van der Waals surface area contributed by atoms with Crippen molar-refractivity contribution in [2.24, 2.45) is 5.92 Å². The molecule has 0 saturated heterocycles. The van der Waals surface area contributed by atoms with E-state index in [4.69, 9.17) is 4.65 Å². The van der Waals surface area contributed by atoms with Gasteiger partial charge in [0.1, 0.15) is 5.69 Å². The Morgan fingerprint density at radius 3 is 2.36 bits per heavy atom. The van der Waals surface area contributed by atoms with Crippen LogP contribution in [0.1, 0.15) is 58.8 Å². The molecule has 2 aromatic rings. The zero-order valence-corrected chi connectivity index (χ0v) is 17.1. The summed E-state index contributed by atoms with van der Waals surface area (Å²) in [6, 6.07) is 2.27. The highest BCUT2D eigenvalue weighted by molar-refractivity contribution is 6.46. The van der Waals surface area contributed by atoms with Gasteiger partial charge in [0, 0.05) is 18.6 Å². The predicted octanol–water partition coefficient (Wildman–Crippen LogP) is 3.09. The van der Waals surface area contributed by atoms with E-state index in [1.165, 1.54) is 6.20 Å². The Morgan fingerprint density at radius 2 is 1.82 bits per heavy atom. The summed E-state index contributed by atoms with van der Waals surface area (Å²) in [5.41, 5.74) is -1.47. The van der Waals surface area contributed by atoms with E-state index in [2.05, 4.69) is 10.1 Å². The molecule has 0 aliphatic heterocycles. The molecule has 0 aromatic carbocycles. The summed E-state index contributed by atoms with van der Waals surface area (Å²) in [6.45, 7) is 10.8. The molecule has 0 fully saturated rings. The molecular weight excluding hydrogens is 370 g/mol. The largest absolute Gasteiger partial charge is 0.433 e. The maximum absolute atomic E-state index is 13.0. The van der Waals surface area contributed by atoms with Gasteiger partial charge in [0.25, 0.3) is 0 Å². The number of nitrogens with zero attached hydrogens (tertiary/aromatic N) is 3. The monoisotopic (exact) mass is 397 g/mol. The van der Waals surface area contributed by atoms with Crippen molar-refractivity contribution in [2.75, 3.05) is 0 Å². The Bertz CT molecular complexity index is 798. The molecule has 0 radical (unpaired) electrons. The van der Waals surface area contributed by atoms with Crippen LogP contribution in [0.4, 0.5) is 13.2 Å². The second kappa shape index (κ2) is 7.87. The van der Waals surface area contributed by atoms with Crippen molar-refractivity contribution in [3.8, 4) is 0 Å². The third kappa shape index (κ3) is 5.14. The molecule has 2 aromatic heterocycles. The van der Waals surface area contributed by atoms with E-state index in [-0.39, 0.29) is 19.4 Å². The SMILES string of the molecule is CC(C)C(c1ccnc(C(F)(F)F)c1)n1cc(BOC(C)(C)C(C)(C)O)cn1. The number of hydrogen-bond donors (Lipinski definition) is 1. The molecule has 1 atom stereocenters. The van der Waals surface area contributed by atoms with E-state index in [1.54, 1.807) is 50.8 Å². The molecule has 1 unspecified atom stereocenters. The average molecular weight is 397 g/mol. The Kier molecular flexibility index (Phi) is 6.30. The van der Waals surface area contributed by atoms with Gasteiger partial charge in [-0.2, -0.15) is 18.3 Å². The van der Waals surface area contributed by atoms with Gasteiger partial charge in [-0.15, -0.1) is 0 Å². The summed E-state index contributed by atoms with van der Waals surface area (Å²) >= 11 is 0. The lowest BCUT2D eigenvalue weighted by molar-refractivity contribution is -0.141. The van der Waals surface area contributed by atoms with Gasteiger partial charge in [-0.25, -0.2) is 0 Å². The number of rotatable bonds is 7. The molecular formula is C19H27BF3N3O2. The summed E-state index contributed by atoms with van der Waals surface area (Å²) in [6.07, 6.45) is 0.0662. The van der Waals surface area contributed by atoms with Crippen molar-refractivity contribution in [1.29, 1.82) is 0 Å². The predicted molar refractivity (Wildman–Crippen MR) is 103 cm³/mol. The number of halogens is 3. The van der Waals surface area contributed by atoms with Crippen LogP contribution in [-0.2, 0) is 10.8 Å². The van der Waals surface area contributed by atoms with E-state index in [9.17, 15) is 18.3 Å². The first kappa shape index (κ1) is 22.4. The molecule has 2 rings (SSSR count). The molecule has 28 heavy (non-hydrogen) atoms. The zero-order chi connectivity index (χ0) is 21.3. The van der Waals surface area contributed by atoms with Crippen LogP contribution in [0.2, 0.25) is 0 Å². The van der Waals surface area contributed by atoms with E-state index in [0.717, 1.165) is 11.5 Å². The quantitative estimate of drug-likeness (QED) is 0.730. The van der Waals surface area contributed by atoms with Crippen molar-refractivity contribution in [3.05, 3.63) is 42.0 Å². The van der Waals surface area contributed by atoms with Gasteiger partial charge in [-0.1, -0.05) is 13.8 Å². The Labute approximate surface area is 164 Å². The normalized spacial score (nSPS) is 14.4. The Hall–Kier alpha value is -1.87. The van der Waals surface area contributed by atoms with Gasteiger partial charge in [-0.3, -0.25) is 9.67 Å². The average Bonchev–Trinajstić information content (AvgIpc) is 3.00. The smallest absolute Gasteiger partial charge is 0.427 e. The van der Waals surface area contributed by atoms with Crippen molar-refractivity contribution in [1.82, 2.24) is 14.8 Å². The highest BCUT2D eigenvalue weighted by Gasteiger charge is 2.36. The van der Waals surface area contributed by atoms with Gasteiger partial charge < -0.3 is 9.76 Å². The molecule has 0 bridgehead atoms. The van der Waals surface area contributed by atoms with E-state index >= 15 is 0 Å². The molecule has 0 aliphatic carbocycles. The van der Waals surface area contributed by atoms with Gasteiger partial charge in [-0.05, 0) is 56.8 Å². The first-order chi connectivity index (χ1) is 12.7. The first-order valence-electron chi connectivity index (χ1n) is 9.15. The van der Waals surface area contributed by atoms with Crippen LogP contribution >= 0.6 is 0 Å². The second-order valence-corrected chi connectivity index (χ2v) is 8.35. The van der Waals surface area contributed by atoms with Crippen LogP contribution in [0.25, 0.3) is 0 Å².